The molecule has 0 spiro atoms. The Kier molecular flexibility index (Phi) is 1.89. The Morgan fingerprint density at radius 3 is 2.60 bits per heavy atom. The second-order valence-electron chi connectivity index (χ2n) is 2.56. The molecular formula is C6H12N4. The summed E-state index contributed by atoms with van der Waals surface area (Å²) in [4.78, 5) is 0. The van der Waals surface area contributed by atoms with Crippen LogP contribution in [0.25, 0.3) is 0 Å². The van der Waals surface area contributed by atoms with Gasteiger partial charge in [-0.05, 0) is 18.8 Å². The Labute approximate surface area is 60.0 Å². The van der Waals surface area contributed by atoms with Gasteiger partial charge in [0.15, 0.2) is 0 Å². The van der Waals surface area contributed by atoms with Gasteiger partial charge in [-0.3, -0.25) is 0 Å². The molecule has 0 radical (unpaired) electrons. The van der Waals surface area contributed by atoms with Gasteiger partial charge in [0.2, 0.25) is 5.96 Å². The monoisotopic (exact) mass is 140 g/mol. The normalized spacial score (nSPS) is 27.7. The van der Waals surface area contributed by atoms with E-state index in [2.05, 4.69) is 17.1 Å². The predicted molar refractivity (Wildman–Crippen MR) is 41.6 cm³/mol. The highest BCUT2D eigenvalue weighted by molar-refractivity contribution is 5.91. The summed E-state index contributed by atoms with van der Waals surface area (Å²) in [5.74, 6) is 0.606. The predicted octanol–water partition coefficient (Wildman–Crippen LogP) is 0.0457. The molecule has 1 aliphatic carbocycles. The molecule has 0 aromatic rings. The number of hydrogen-bond acceptors (Lipinski definition) is 2. The van der Waals surface area contributed by atoms with E-state index in [0.29, 0.717) is 5.92 Å². The van der Waals surface area contributed by atoms with Crippen LogP contribution in [0.2, 0.25) is 0 Å². The number of nitrogens with zero attached hydrogens (tertiary/aromatic N) is 2. The van der Waals surface area contributed by atoms with E-state index in [1.807, 2.05) is 0 Å². The summed E-state index contributed by atoms with van der Waals surface area (Å²) in [6, 6.07) is 0. The van der Waals surface area contributed by atoms with E-state index in [1.54, 1.807) is 0 Å². The Morgan fingerprint density at radius 2 is 2.30 bits per heavy atom. The summed E-state index contributed by atoms with van der Waals surface area (Å²) in [7, 11) is 0. The van der Waals surface area contributed by atoms with Gasteiger partial charge in [-0.15, -0.1) is 5.10 Å². The Bertz CT molecular complexity index is 178. The number of rotatable bonds is 1. The number of guanidine groups is 1. The summed E-state index contributed by atoms with van der Waals surface area (Å²) in [6.07, 6.45) is 2.25. The van der Waals surface area contributed by atoms with Crippen molar-refractivity contribution in [2.24, 2.45) is 27.6 Å². The molecule has 0 heterocycles. The Morgan fingerprint density at radius 1 is 1.60 bits per heavy atom. The summed E-state index contributed by atoms with van der Waals surface area (Å²) in [6.45, 7) is 2.12. The molecule has 0 bridgehead atoms. The molecule has 0 amide bonds. The largest absolute Gasteiger partial charge is 0.369 e. The fraction of sp³-hybridized carbons (Fsp3) is 0.667. The van der Waals surface area contributed by atoms with Gasteiger partial charge >= 0.3 is 0 Å². The van der Waals surface area contributed by atoms with Crippen LogP contribution < -0.4 is 11.5 Å². The summed E-state index contributed by atoms with van der Waals surface area (Å²) < 4.78 is 0. The molecule has 1 rings (SSSR count). The van der Waals surface area contributed by atoms with Gasteiger partial charge in [-0.2, -0.15) is 5.10 Å². The molecule has 1 fully saturated rings. The minimum Gasteiger partial charge on any atom is -0.369 e. The average molecular weight is 140 g/mol. The molecule has 1 atom stereocenters. The smallest absolute Gasteiger partial charge is 0.211 e. The van der Waals surface area contributed by atoms with Crippen LogP contribution in [0.4, 0.5) is 0 Å². The molecule has 0 saturated heterocycles. The highest BCUT2D eigenvalue weighted by Crippen LogP contribution is 2.22. The van der Waals surface area contributed by atoms with Gasteiger partial charge in [0.05, 0.1) is 0 Å². The lowest BCUT2D eigenvalue weighted by atomic mass is 9.85. The number of hydrogen-bond donors (Lipinski definition) is 2. The van der Waals surface area contributed by atoms with Crippen LogP contribution in [-0.2, 0) is 0 Å². The fourth-order valence-electron chi connectivity index (χ4n) is 0.833. The molecule has 4 nitrogen and oxygen atoms in total. The van der Waals surface area contributed by atoms with Crippen molar-refractivity contribution in [1.29, 1.82) is 0 Å². The molecular weight excluding hydrogens is 128 g/mol. The Hall–Kier alpha value is -1.06. The first-order valence-electron chi connectivity index (χ1n) is 3.35. The van der Waals surface area contributed by atoms with Crippen molar-refractivity contribution in [2.45, 2.75) is 19.8 Å². The van der Waals surface area contributed by atoms with Crippen molar-refractivity contribution in [3.8, 4) is 0 Å². The molecule has 0 aliphatic heterocycles. The van der Waals surface area contributed by atoms with Crippen LogP contribution in [-0.4, -0.2) is 11.7 Å². The van der Waals surface area contributed by atoms with Crippen molar-refractivity contribution in [3.63, 3.8) is 0 Å². The second kappa shape index (κ2) is 2.68. The molecule has 56 valence electrons. The second-order valence-corrected chi connectivity index (χ2v) is 2.56. The first kappa shape index (κ1) is 7.05. The summed E-state index contributed by atoms with van der Waals surface area (Å²) >= 11 is 0. The van der Waals surface area contributed by atoms with Crippen LogP contribution in [0.15, 0.2) is 10.2 Å². The van der Waals surface area contributed by atoms with Crippen LogP contribution in [0, 0.1) is 5.92 Å². The van der Waals surface area contributed by atoms with Crippen LogP contribution >= 0.6 is 0 Å². The third-order valence-corrected chi connectivity index (χ3v) is 1.70. The SMILES string of the molecule is CC1CC/C1=N\N=C(N)N. The van der Waals surface area contributed by atoms with Crippen molar-refractivity contribution < 1.29 is 0 Å². The third-order valence-electron chi connectivity index (χ3n) is 1.70. The molecule has 4 N–H and O–H groups in total. The molecule has 1 aliphatic rings. The van der Waals surface area contributed by atoms with E-state index in [4.69, 9.17) is 11.5 Å². The van der Waals surface area contributed by atoms with Gasteiger partial charge in [-0.1, -0.05) is 6.92 Å². The zero-order valence-electron chi connectivity index (χ0n) is 6.04. The summed E-state index contributed by atoms with van der Waals surface area (Å²) in [5.41, 5.74) is 11.3. The van der Waals surface area contributed by atoms with Gasteiger partial charge < -0.3 is 11.5 Å². The van der Waals surface area contributed by atoms with Crippen molar-refractivity contribution in [2.75, 3.05) is 0 Å². The van der Waals surface area contributed by atoms with Crippen LogP contribution in [0.1, 0.15) is 19.8 Å². The third kappa shape index (κ3) is 1.46. The molecule has 0 aromatic heterocycles. The van der Waals surface area contributed by atoms with Crippen molar-refractivity contribution >= 4 is 11.7 Å². The van der Waals surface area contributed by atoms with Gasteiger partial charge in [0, 0.05) is 5.71 Å². The molecule has 4 heteroatoms. The average Bonchev–Trinajstić information content (AvgIpc) is 1.84. The van der Waals surface area contributed by atoms with Crippen LogP contribution in [0.3, 0.4) is 0 Å². The van der Waals surface area contributed by atoms with Crippen molar-refractivity contribution in [3.05, 3.63) is 0 Å². The van der Waals surface area contributed by atoms with E-state index < -0.39 is 0 Å². The van der Waals surface area contributed by atoms with E-state index >= 15 is 0 Å². The standard InChI is InChI=1S/C6H12N4/c1-4-2-3-5(4)9-10-6(7)8/h4H,2-3H2,1H3,(H4,7,8,10)/b9-5+. The van der Waals surface area contributed by atoms with E-state index in [-0.39, 0.29) is 5.96 Å². The molecule has 1 saturated carbocycles. The lowest BCUT2D eigenvalue weighted by Gasteiger charge is -2.22. The van der Waals surface area contributed by atoms with Gasteiger partial charge in [-0.25, -0.2) is 0 Å². The summed E-state index contributed by atoms with van der Waals surface area (Å²) in [5, 5.41) is 7.42. The molecule has 1 unspecified atom stereocenters. The lowest BCUT2D eigenvalue weighted by Crippen LogP contribution is -2.25. The highest BCUT2D eigenvalue weighted by Gasteiger charge is 2.20. The lowest BCUT2D eigenvalue weighted by molar-refractivity contribution is 0.601. The minimum atomic E-state index is 0.0339. The molecule has 0 aromatic carbocycles. The maximum atomic E-state index is 5.09. The topological polar surface area (TPSA) is 76.8 Å². The zero-order valence-corrected chi connectivity index (χ0v) is 6.04. The fourth-order valence-corrected chi connectivity index (χ4v) is 0.833. The van der Waals surface area contributed by atoms with E-state index in [1.165, 1.54) is 6.42 Å². The first-order chi connectivity index (χ1) is 4.70. The zero-order chi connectivity index (χ0) is 7.56. The maximum Gasteiger partial charge on any atom is 0.211 e. The highest BCUT2D eigenvalue weighted by atomic mass is 15.3. The minimum absolute atomic E-state index is 0.0339. The van der Waals surface area contributed by atoms with Gasteiger partial charge in [0.1, 0.15) is 0 Å². The van der Waals surface area contributed by atoms with E-state index in [0.717, 1.165) is 12.1 Å². The quantitative estimate of drug-likeness (QED) is 0.306. The number of nitrogens with two attached hydrogens (primary N) is 2. The first-order valence-corrected chi connectivity index (χ1v) is 3.35. The molecule has 10 heavy (non-hydrogen) atoms. The van der Waals surface area contributed by atoms with Crippen LogP contribution in [0.5, 0.6) is 0 Å². The van der Waals surface area contributed by atoms with Gasteiger partial charge in [0.25, 0.3) is 0 Å². The van der Waals surface area contributed by atoms with Crippen molar-refractivity contribution in [1.82, 2.24) is 0 Å². The Balaban J connectivity index is 2.48. The maximum absolute atomic E-state index is 5.09. The van der Waals surface area contributed by atoms with E-state index in [9.17, 15) is 0 Å².